The summed E-state index contributed by atoms with van der Waals surface area (Å²) in [5.74, 6) is 2.54. The van der Waals surface area contributed by atoms with E-state index < -0.39 is 0 Å². The Kier molecular flexibility index (Phi) is 6.21. The lowest BCUT2D eigenvalue weighted by Crippen LogP contribution is -2.31. The SMILES string of the molecule is CCOc1ccc(OCC(=O)N2N=C(c3ccc(OC)cc3)C[C@H]2c2ccco2)cc1. The predicted octanol–water partition coefficient (Wildman–Crippen LogP) is 4.44. The Bertz CT molecular complexity index is 1030. The molecule has 31 heavy (non-hydrogen) atoms. The summed E-state index contributed by atoms with van der Waals surface area (Å²) in [6.07, 6.45) is 2.15. The number of furan rings is 1. The number of hydrogen-bond acceptors (Lipinski definition) is 6. The highest BCUT2D eigenvalue weighted by molar-refractivity contribution is 6.03. The maximum atomic E-state index is 13.0. The van der Waals surface area contributed by atoms with E-state index in [4.69, 9.17) is 18.6 Å². The standard InChI is InChI=1S/C24H24N2O5/c1-3-29-19-10-12-20(13-11-19)31-16-24(27)26-22(23-5-4-14-30-23)15-21(25-26)17-6-8-18(28-2)9-7-17/h4-14,22H,3,15-16H2,1-2H3/t22-/m0/s1. The van der Waals surface area contributed by atoms with Gasteiger partial charge in [-0.15, -0.1) is 0 Å². The number of hydrogen-bond donors (Lipinski definition) is 0. The van der Waals surface area contributed by atoms with E-state index in [0.717, 1.165) is 22.8 Å². The molecule has 7 nitrogen and oxygen atoms in total. The van der Waals surface area contributed by atoms with Crippen LogP contribution in [0.2, 0.25) is 0 Å². The number of ether oxygens (including phenoxy) is 3. The van der Waals surface area contributed by atoms with Crippen molar-refractivity contribution in [2.24, 2.45) is 5.10 Å². The van der Waals surface area contributed by atoms with Crippen LogP contribution in [0.5, 0.6) is 17.2 Å². The first kappa shape index (κ1) is 20.5. The summed E-state index contributed by atoms with van der Waals surface area (Å²) in [6.45, 7) is 2.39. The van der Waals surface area contributed by atoms with Crippen molar-refractivity contribution in [3.63, 3.8) is 0 Å². The van der Waals surface area contributed by atoms with Gasteiger partial charge in [0.2, 0.25) is 0 Å². The van der Waals surface area contributed by atoms with Crippen LogP contribution in [0.4, 0.5) is 0 Å². The van der Waals surface area contributed by atoms with Gasteiger partial charge in [0.25, 0.3) is 5.91 Å². The van der Waals surface area contributed by atoms with Crippen molar-refractivity contribution in [3.05, 3.63) is 78.3 Å². The van der Waals surface area contributed by atoms with Crippen molar-refractivity contribution < 1.29 is 23.4 Å². The number of carbonyl (C=O) groups is 1. The van der Waals surface area contributed by atoms with Crippen LogP contribution in [0, 0.1) is 0 Å². The molecule has 0 fully saturated rings. The van der Waals surface area contributed by atoms with E-state index in [0.29, 0.717) is 24.5 Å². The zero-order chi connectivity index (χ0) is 21.6. The molecule has 160 valence electrons. The van der Waals surface area contributed by atoms with E-state index in [1.165, 1.54) is 5.01 Å². The fourth-order valence-electron chi connectivity index (χ4n) is 3.41. The van der Waals surface area contributed by atoms with Gasteiger partial charge < -0.3 is 18.6 Å². The highest BCUT2D eigenvalue weighted by atomic mass is 16.5. The van der Waals surface area contributed by atoms with E-state index in [9.17, 15) is 4.79 Å². The molecular formula is C24H24N2O5. The van der Waals surface area contributed by atoms with Crippen LogP contribution in [0.25, 0.3) is 0 Å². The Balaban J connectivity index is 1.49. The average molecular weight is 420 g/mol. The van der Waals surface area contributed by atoms with Gasteiger partial charge in [-0.05, 0) is 73.2 Å². The molecule has 0 spiro atoms. The quantitative estimate of drug-likeness (QED) is 0.539. The molecule has 1 atom stereocenters. The van der Waals surface area contributed by atoms with Crippen molar-refractivity contribution in [3.8, 4) is 17.2 Å². The van der Waals surface area contributed by atoms with Crippen molar-refractivity contribution >= 4 is 11.6 Å². The number of carbonyl (C=O) groups excluding carboxylic acids is 1. The molecule has 2 heterocycles. The van der Waals surface area contributed by atoms with Crippen molar-refractivity contribution in [2.45, 2.75) is 19.4 Å². The topological polar surface area (TPSA) is 73.5 Å². The molecule has 3 aromatic rings. The maximum absolute atomic E-state index is 13.0. The molecule has 0 radical (unpaired) electrons. The van der Waals surface area contributed by atoms with Gasteiger partial charge in [0.15, 0.2) is 6.61 Å². The van der Waals surface area contributed by atoms with Gasteiger partial charge in [0, 0.05) is 6.42 Å². The lowest BCUT2D eigenvalue weighted by Gasteiger charge is -2.20. The third-order valence-electron chi connectivity index (χ3n) is 4.96. The number of amides is 1. The monoisotopic (exact) mass is 420 g/mol. The number of methoxy groups -OCH3 is 1. The number of hydrazone groups is 1. The van der Waals surface area contributed by atoms with Crippen LogP contribution in [-0.2, 0) is 4.79 Å². The third-order valence-corrected chi connectivity index (χ3v) is 4.96. The summed E-state index contributed by atoms with van der Waals surface area (Å²) in [6, 6.07) is 18.1. The second kappa shape index (κ2) is 9.38. The summed E-state index contributed by atoms with van der Waals surface area (Å²) >= 11 is 0. The second-order valence-electron chi connectivity index (χ2n) is 6.94. The lowest BCUT2D eigenvalue weighted by molar-refractivity contribution is -0.135. The first-order valence-corrected chi connectivity index (χ1v) is 10.1. The maximum Gasteiger partial charge on any atom is 0.281 e. The Morgan fingerprint density at radius 3 is 2.32 bits per heavy atom. The van der Waals surface area contributed by atoms with E-state index in [1.807, 2.05) is 49.4 Å². The van der Waals surface area contributed by atoms with Gasteiger partial charge >= 0.3 is 0 Å². The molecule has 0 N–H and O–H groups in total. The highest BCUT2D eigenvalue weighted by Gasteiger charge is 2.35. The fraction of sp³-hybridized carbons (Fsp3) is 0.250. The highest BCUT2D eigenvalue weighted by Crippen LogP contribution is 2.33. The average Bonchev–Trinajstić information content (AvgIpc) is 3.49. The molecular weight excluding hydrogens is 396 g/mol. The van der Waals surface area contributed by atoms with Crippen LogP contribution >= 0.6 is 0 Å². The summed E-state index contributed by atoms with van der Waals surface area (Å²) in [5, 5.41) is 6.05. The Labute approximate surface area is 180 Å². The van der Waals surface area contributed by atoms with Crippen LogP contribution in [0.1, 0.15) is 30.7 Å². The number of rotatable bonds is 8. The summed E-state index contributed by atoms with van der Waals surface area (Å²) in [5.41, 5.74) is 1.73. The molecule has 0 saturated heterocycles. The normalized spacial score (nSPS) is 15.5. The molecule has 1 amide bonds. The molecule has 1 aliphatic rings. The van der Waals surface area contributed by atoms with Gasteiger partial charge in [0.05, 0.1) is 25.7 Å². The Morgan fingerprint density at radius 1 is 1.03 bits per heavy atom. The Hall–Kier alpha value is -3.74. The molecule has 7 heteroatoms. The van der Waals surface area contributed by atoms with Crippen molar-refractivity contribution in [1.82, 2.24) is 5.01 Å². The van der Waals surface area contributed by atoms with Gasteiger partial charge in [-0.1, -0.05) is 0 Å². The van der Waals surface area contributed by atoms with Crippen LogP contribution in [0.3, 0.4) is 0 Å². The fourth-order valence-corrected chi connectivity index (χ4v) is 3.41. The first-order valence-electron chi connectivity index (χ1n) is 10.1. The smallest absolute Gasteiger partial charge is 0.281 e. The first-order chi connectivity index (χ1) is 15.2. The van der Waals surface area contributed by atoms with Crippen LogP contribution < -0.4 is 14.2 Å². The van der Waals surface area contributed by atoms with Crippen LogP contribution in [-0.4, -0.2) is 37.0 Å². The summed E-state index contributed by atoms with van der Waals surface area (Å²) in [4.78, 5) is 13.0. The second-order valence-corrected chi connectivity index (χ2v) is 6.94. The predicted molar refractivity (Wildman–Crippen MR) is 116 cm³/mol. The van der Waals surface area contributed by atoms with Gasteiger partial charge in [0.1, 0.15) is 29.1 Å². The van der Waals surface area contributed by atoms with Crippen molar-refractivity contribution in [2.75, 3.05) is 20.3 Å². The Morgan fingerprint density at radius 2 is 1.71 bits per heavy atom. The number of nitrogens with zero attached hydrogens (tertiary/aromatic N) is 2. The van der Waals surface area contributed by atoms with Gasteiger partial charge in [-0.3, -0.25) is 4.79 Å². The minimum atomic E-state index is -0.316. The minimum Gasteiger partial charge on any atom is -0.497 e. The number of benzene rings is 2. The molecule has 0 aliphatic carbocycles. The van der Waals surface area contributed by atoms with E-state index in [-0.39, 0.29) is 18.6 Å². The zero-order valence-electron chi connectivity index (χ0n) is 17.5. The summed E-state index contributed by atoms with van der Waals surface area (Å²) in [7, 11) is 1.62. The largest absolute Gasteiger partial charge is 0.497 e. The molecule has 0 bridgehead atoms. The van der Waals surface area contributed by atoms with E-state index >= 15 is 0 Å². The molecule has 0 unspecified atom stereocenters. The zero-order valence-corrected chi connectivity index (χ0v) is 17.5. The molecule has 1 aliphatic heterocycles. The third kappa shape index (κ3) is 4.71. The van der Waals surface area contributed by atoms with Gasteiger partial charge in [-0.25, -0.2) is 5.01 Å². The minimum absolute atomic E-state index is 0.134. The van der Waals surface area contributed by atoms with E-state index in [2.05, 4.69) is 5.10 Å². The van der Waals surface area contributed by atoms with Crippen molar-refractivity contribution in [1.29, 1.82) is 0 Å². The van der Waals surface area contributed by atoms with E-state index in [1.54, 1.807) is 31.6 Å². The lowest BCUT2D eigenvalue weighted by atomic mass is 10.0. The molecule has 2 aromatic carbocycles. The molecule has 0 saturated carbocycles. The van der Waals surface area contributed by atoms with Crippen LogP contribution in [0.15, 0.2) is 76.4 Å². The van der Waals surface area contributed by atoms with Gasteiger partial charge in [-0.2, -0.15) is 5.10 Å². The molecule has 4 rings (SSSR count). The molecule has 1 aromatic heterocycles. The summed E-state index contributed by atoms with van der Waals surface area (Å²) < 4.78 is 21.9.